The van der Waals surface area contributed by atoms with Crippen molar-refractivity contribution in [1.29, 1.82) is 10.5 Å². The Bertz CT molecular complexity index is 915. The van der Waals surface area contributed by atoms with E-state index >= 15 is 0 Å². The Kier molecular flexibility index (Phi) is 5.23. The van der Waals surface area contributed by atoms with Crippen molar-refractivity contribution in [2.75, 3.05) is 36.8 Å². The largest absolute Gasteiger partial charge is 0.383 e. The molecular formula is C18H18FN7O. The van der Waals surface area contributed by atoms with E-state index in [1.165, 1.54) is 16.8 Å². The Hall–Kier alpha value is -3.59. The molecule has 2 N–H and O–H groups in total. The fourth-order valence-electron chi connectivity index (χ4n) is 3.06. The van der Waals surface area contributed by atoms with Crippen LogP contribution in [0.5, 0.6) is 0 Å². The molecule has 0 bridgehead atoms. The highest BCUT2D eigenvalue weighted by molar-refractivity contribution is 5.77. The molecule has 138 valence electrons. The maximum absolute atomic E-state index is 13.0. The van der Waals surface area contributed by atoms with E-state index in [9.17, 15) is 9.18 Å². The summed E-state index contributed by atoms with van der Waals surface area (Å²) in [4.78, 5) is 16.4. The van der Waals surface area contributed by atoms with Crippen LogP contribution in [0.15, 0.2) is 24.3 Å². The lowest BCUT2D eigenvalue weighted by Gasteiger charge is -2.36. The van der Waals surface area contributed by atoms with E-state index in [4.69, 9.17) is 16.3 Å². The van der Waals surface area contributed by atoms with Gasteiger partial charge >= 0.3 is 0 Å². The molecule has 1 aromatic heterocycles. The van der Waals surface area contributed by atoms with Crippen LogP contribution in [-0.2, 0) is 17.8 Å². The van der Waals surface area contributed by atoms with Crippen LogP contribution in [-0.4, -0.2) is 46.8 Å². The summed E-state index contributed by atoms with van der Waals surface area (Å²) in [7, 11) is 0. The minimum absolute atomic E-state index is 0.0371. The highest BCUT2D eigenvalue weighted by atomic mass is 19.1. The van der Waals surface area contributed by atoms with E-state index in [0.29, 0.717) is 26.2 Å². The summed E-state index contributed by atoms with van der Waals surface area (Å²) in [5, 5.41) is 22.1. The molecule has 2 aromatic rings. The molecule has 0 spiro atoms. The Morgan fingerprint density at radius 1 is 1.19 bits per heavy atom. The summed E-state index contributed by atoms with van der Waals surface area (Å²) in [5.74, 6) is -0.339. The van der Waals surface area contributed by atoms with E-state index < -0.39 is 0 Å². The van der Waals surface area contributed by atoms with Crippen molar-refractivity contribution in [2.24, 2.45) is 0 Å². The number of hydrogen-bond acceptors (Lipinski definition) is 6. The Morgan fingerprint density at radius 2 is 1.85 bits per heavy atom. The zero-order chi connectivity index (χ0) is 19.4. The Morgan fingerprint density at radius 3 is 2.44 bits per heavy atom. The second-order valence-corrected chi connectivity index (χ2v) is 6.16. The lowest BCUT2D eigenvalue weighted by atomic mass is 10.2. The van der Waals surface area contributed by atoms with Crippen LogP contribution < -0.4 is 10.6 Å². The van der Waals surface area contributed by atoms with E-state index in [1.54, 1.807) is 17.0 Å². The molecule has 8 nitrogen and oxygen atoms in total. The number of aromatic nitrogens is 2. The first-order valence-corrected chi connectivity index (χ1v) is 8.44. The maximum Gasteiger partial charge on any atom is 0.244 e. The molecule has 0 atom stereocenters. The van der Waals surface area contributed by atoms with Crippen LogP contribution in [0.3, 0.4) is 0 Å². The van der Waals surface area contributed by atoms with Gasteiger partial charge in [-0.2, -0.15) is 15.6 Å². The number of rotatable bonds is 4. The second-order valence-electron chi connectivity index (χ2n) is 6.16. The predicted molar refractivity (Wildman–Crippen MR) is 95.9 cm³/mol. The fraction of sp³-hybridized carbons (Fsp3) is 0.333. The molecule has 3 rings (SSSR count). The Balaban J connectivity index is 1.63. The molecule has 1 aliphatic heterocycles. The first kappa shape index (κ1) is 18.2. The molecule has 1 fully saturated rings. The van der Waals surface area contributed by atoms with Gasteiger partial charge in [0.1, 0.15) is 29.8 Å². The predicted octanol–water partition coefficient (Wildman–Crippen LogP) is 0.891. The van der Waals surface area contributed by atoms with Gasteiger partial charge in [0.25, 0.3) is 0 Å². The molecule has 2 heterocycles. The molecule has 1 aromatic carbocycles. The minimum Gasteiger partial charge on any atom is -0.383 e. The van der Waals surface area contributed by atoms with Crippen LogP contribution in [0.1, 0.15) is 11.3 Å². The standard InChI is InChI=1S/C18H18FN7O/c19-13-1-3-14(4-2-13)24-7-9-25(10-8-24)17(27)12-26-18(22)15(11-21)16(23-26)5-6-20/h1-4H,5,7-10,12,22H2. The van der Waals surface area contributed by atoms with Gasteiger partial charge in [-0.15, -0.1) is 0 Å². The summed E-state index contributed by atoms with van der Waals surface area (Å²) in [6, 6.07) is 10.1. The molecule has 1 amide bonds. The summed E-state index contributed by atoms with van der Waals surface area (Å²) in [6.45, 7) is 2.23. The van der Waals surface area contributed by atoms with Crippen molar-refractivity contribution in [1.82, 2.24) is 14.7 Å². The van der Waals surface area contributed by atoms with E-state index in [2.05, 4.69) is 10.00 Å². The number of anilines is 2. The fourth-order valence-corrected chi connectivity index (χ4v) is 3.06. The topological polar surface area (TPSA) is 115 Å². The molecule has 1 aliphatic rings. The third-order valence-electron chi connectivity index (χ3n) is 4.53. The number of nitrogen functional groups attached to an aromatic ring is 1. The summed E-state index contributed by atoms with van der Waals surface area (Å²) >= 11 is 0. The number of halogens is 1. The average molecular weight is 367 g/mol. The maximum atomic E-state index is 13.0. The number of carbonyl (C=O) groups is 1. The van der Waals surface area contributed by atoms with Crippen LogP contribution in [0, 0.1) is 28.5 Å². The van der Waals surface area contributed by atoms with Crippen molar-refractivity contribution >= 4 is 17.4 Å². The first-order valence-electron chi connectivity index (χ1n) is 8.44. The van der Waals surface area contributed by atoms with Crippen molar-refractivity contribution in [3.05, 3.63) is 41.3 Å². The lowest BCUT2D eigenvalue weighted by molar-refractivity contribution is -0.132. The van der Waals surface area contributed by atoms with Gasteiger partial charge < -0.3 is 15.5 Å². The van der Waals surface area contributed by atoms with E-state index in [1.807, 2.05) is 12.1 Å². The van der Waals surface area contributed by atoms with Crippen LogP contribution in [0.4, 0.5) is 15.9 Å². The number of piperazine rings is 1. The van der Waals surface area contributed by atoms with E-state index in [-0.39, 0.29) is 41.8 Å². The molecule has 0 saturated carbocycles. The van der Waals surface area contributed by atoms with Crippen LogP contribution >= 0.6 is 0 Å². The zero-order valence-corrected chi connectivity index (χ0v) is 14.6. The van der Waals surface area contributed by atoms with Crippen molar-refractivity contribution < 1.29 is 9.18 Å². The molecule has 0 radical (unpaired) electrons. The zero-order valence-electron chi connectivity index (χ0n) is 14.6. The molecule has 9 heteroatoms. The number of benzene rings is 1. The molecular weight excluding hydrogens is 349 g/mol. The van der Waals surface area contributed by atoms with Gasteiger partial charge in [0.05, 0.1) is 18.2 Å². The highest BCUT2D eigenvalue weighted by Crippen LogP contribution is 2.19. The lowest BCUT2D eigenvalue weighted by Crippen LogP contribution is -2.49. The Labute approximate surface area is 155 Å². The number of carbonyl (C=O) groups excluding carboxylic acids is 1. The summed E-state index contributed by atoms with van der Waals surface area (Å²) < 4.78 is 14.3. The third kappa shape index (κ3) is 3.82. The third-order valence-corrected chi connectivity index (χ3v) is 4.53. The van der Waals surface area contributed by atoms with Gasteiger partial charge in [-0.25, -0.2) is 9.07 Å². The normalized spacial score (nSPS) is 13.9. The number of nitrogens with zero attached hydrogens (tertiary/aromatic N) is 6. The van der Waals surface area contributed by atoms with Gasteiger partial charge in [-0.1, -0.05) is 0 Å². The quantitative estimate of drug-likeness (QED) is 0.858. The monoisotopic (exact) mass is 367 g/mol. The van der Waals surface area contributed by atoms with Crippen molar-refractivity contribution in [3.63, 3.8) is 0 Å². The smallest absolute Gasteiger partial charge is 0.244 e. The SMILES string of the molecule is N#CCc1nn(CC(=O)N2CCN(c3ccc(F)cc3)CC2)c(N)c1C#N. The van der Waals surface area contributed by atoms with Crippen molar-refractivity contribution in [3.8, 4) is 12.1 Å². The highest BCUT2D eigenvalue weighted by Gasteiger charge is 2.23. The average Bonchev–Trinajstić information content (AvgIpc) is 2.97. The van der Waals surface area contributed by atoms with Gasteiger partial charge in [0.2, 0.25) is 5.91 Å². The summed E-state index contributed by atoms with van der Waals surface area (Å²) in [6.07, 6.45) is -0.0371. The molecule has 0 unspecified atom stereocenters. The summed E-state index contributed by atoms with van der Waals surface area (Å²) in [5.41, 5.74) is 7.24. The van der Waals surface area contributed by atoms with Crippen molar-refractivity contribution in [2.45, 2.75) is 13.0 Å². The molecule has 27 heavy (non-hydrogen) atoms. The first-order chi connectivity index (χ1) is 13.0. The number of amides is 1. The number of nitriles is 2. The number of nitrogens with two attached hydrogens (primary N) is 1. The van der Waals surface area contributed by atoms with Crippen LogP contribution in [0.2, 0.25) is 0 Å². The molecule has 1 saturated heterocycles. The second kappa shape index (κ2) is 7.75. The van der Waals surface area contributed by atoms with E-state index in [0.717, 1.165) is 5.69 Å². The number of hydrogen-bond donors (Lipinski definition) is 1. The van der Waals surface area contributed by atoms with Gasteiger partial charge in [-0.05, 0) is 24.3 Å². The molecule has 0 aliphatic carbocycles. The van der Waals surface area contributed by atoms with Gasteiger partial charge in [0, 0.05) is 31.9 Å². The van der Waals surface area contributed by atoms with Gasteiger partial charge in [0.15, 0.2) is 0 Å². The van der Waals surface area contributed by atoms with Gasteiger partial charge in [-0.3, -0.25) is 4.79 Å². The van der Waals surface area contributed by atoms with Crippen LogP contribution in [0.25, 0.3) is 0 Å². The minimum atomic E-state index is -0.281.